The first-order valence-electron chi connectivity index (χ1n) is 10.2. The van der Waals surface area contributed by atoms with Gasteiger partial charge in [0, 0.05) is 11.4 Å². The van der Waals surface area contributed by atoms with Crippen molar-refractivity contribution in [3.05, 3.63) is 90.0 Å². The van der Waals surface area contributed by atoms with Crippen molar-refractivity contribution in [2.24, 2.45) is 0 Å². The van der Waals surface area contributed by atoms with Gasteiger partial charge in [0.15, 0.2) is 6.61 Å². The monoisotopic (exact) mass is 432 g/mol. The Hall–Kier alpha value is -3.25. The molecule has 0 saturated carbocycles. The van der Waals surface area contributed by atoms with Gasteiger partial charge in [0.05, 0.1) is 5.75 Å². The van der Waals surface area contributed by atoms with Gasteiger partial charge in [-0.15, -0.1) is 11.8 Å². The quantitative estimate of drug-likeness (QED) is 0.568. The third kappa shape index (κ3) is 5.09. The van der Waals surface area contributed by atoms with Crippen molar-refractivity contribution in [3.63, 3.8) is 0 Å². The second-order valence-corrected chi connectivity index (χ2v) is 8.29. The van der Waals surface area contributed by atoms with Crippen LogP contribution in [0.15, 0.2) is 78.9 Å². The summed E-state index contributed by atoms with van der Waals surface area (Å²) in [5.74, 6) is 0.942. The zero-order chi connectivity index (χ0) is 21.6. The highest BCUT2D eigenvalue weighted by molar-refractivity contribution is 8.00. The summed E-state index contributed by atoms with van der Waals surface area (Å²) in [6, 6.07) is 25.0. The van der Waals surface area contributed by atoms with E-state index in [1.807, 2.05) is 71.6 Å². The Morgan fingerprint density at radius 2 is 1.87 bits per heavy atom. The summed E-state index contributed by atoms with van der Waals surface area (Å²) in [7, 11) is 0. The number of rotatable bonds is 7. The molecule has 4 rings (SSSR count). The molecule has 0 spiro atoms. The summed E-state index contributed by atoms with van der Waals surface area (Å²) in [5.41, 5.74) is 3.76. The van der Waals surface area contributed by atoms with E-state index in [0.717, 1.165) is 17.7 Å². The molecule has 3 aromatic carbocycles. The Bertz CT molecular complexity index is 1070. The van der Waals surface area contributed by atoms with E-state index in [9.17, 15) is 9.59 Å². The molecule has 2 amide bonds. The van der Waals surface area contributed by atoms with E-state index in [1.54, 1.807) is 11.8 Å². The minimum absolute atomic E-state index is 0.0686. The number of para-hydroxylation sites is 1. The number of nitrogens with one attached hydrogen (secondary N) is 1. The number of hydrogen-bond acceptors (Lipinski definition) is 4. The van der Waals surface area contributed by atoms with E-state index in [-0.39, 0.29) is 23.8 Å². The molecular weight excluding hydrogens is 408 g/mol. The molecule has 31 heavy (non-hydrogen) atoms. The molecule has 1 N–H and O–H groups in total. The zero-order valence-corrected chi connectivity index (χ0v) is 18.1. The maximum absolute atomic E-state index is 12.7. The first kappa shape index (κ1) is 21.0. The van der Waals surface area contributed by atoms with Crippen molar-refractivity contribution in [2.75, 3.05) is 22.6 Å². The normalized spacial score (nSPS) is 15.7. The number of anilines is 2. The molecule has 158 valence electrons. The van der Waals surface area contributed by atoms with Gasteiger partial charge in [-0.3, -0.25) is 14.5 Å². The van der Waals surface area contributed by atoms with Gasteiger partial charge >= 0.3 is 0 Å². The summed E-state index contributed by atoms with van der Waals surface area (Å²) < 4.78 is 5.51. The number of amides is 2. The maximum Gasteiger partial charge on any atom is 0.262 e. The molecule has 1 aliphatic heterocycles. The zero-order valence-electron chi connectivity index (χ0n) is 17.3. The van der Waals surface area contributed by atoms with Crippen LogP contribution in [-0.4, -0.2) is 24.2 Å². The van der Waals surface area contributed by atoms with Crippen molar-refractivity contribution < 1.29 is 14.3 Å². The Morgan fingerprint density at radius 3 is 2.68 bits per heavy atom. The number of hydrogen-bond donors (Lipinski definition) is 1. The molecule has 1 atom stereocenters. The van der Waals surface area contributed by atoms with Crippen LogP contribution >= 0.6 is 11.8 Å². The van der Waals surface area contributed by atoms with Crippen LogP contribution in [0, 0.1) is 0 Å². The standard InChI is InChI=1S/C25H24N2O3S/c1-2-18-8-6-11-21(14-18)27-24(29)17-31-25(27)19-9-7-10-20(15-19)26-23(28)16-30-22-12-4-3-5-13-22/h3-15,25H,2,16-17H2,1H3,(H,26,28). The topological polar surface area (TPSA) is 58.6 Å². The molecule has 1 unspecified atom stereocenters. The predicted octanol–water partition coefficient (Wildman–Crippen LogP) is 5.05. The van der Waals surface area contributed by atoms with E-state index in [1.165, 1.54) is 5.56 Å². The number of thioether (sulfide) groups is 1. The predicted molar refractivity (Wildman–Crippen MR) is 126 cm³/mol. The van der Waals surface area contributed by atoms with Gasteiger partial charge in [-0.2, -0.15) is 0 Å². The lowest BCUT2D eigenvalue weighted by Crippen LogP contribution is -2.28. The Kier molecular flexibility index (Phi) is 6.57. The number of ether oxygens (including phenoxy) is 1. The fourth-order valence-electron chi connectivity index (χ4n) is 3.51. The van der Waals surface area contributed by atoms with Crippen LogP contribution in [-0.2, 0) is 16.0 Å². The summed E-state index contributed by atoms with van der Waals surface area (Å²) in [6.45, 7) is 2.03. The lowest BCUT2D eigenvalue weighted by molar-refractivity contribution is -0.118. The van der Waals surface area contributed by atoms with Gasteiger partial charge in [0.1, 0.15) is 11.1 Å². The van der Waals surface area contributed by atoms with Gasteiger partial charge in [0.25, 0.3) is 5.91 Å². The fraction of sp³-hybridized carbons (Fsp3) is 0.200. The van der Waals surface area contributed by atoms with Crippen LogP contribution in [0.4, 0.5) is 11.4 Å². The average Bonchev–Trinajstić information content (AvgIpc) is 3.20. The summed E-state index contributed by atoms with van der Waals surface area (Å²) >= 11 is 1.59. The van der Waals surface area contributed by atoms with Crippen molar-refractivity contribution in [2.45, 2.75) is 18.7 Å². The molecule has 3 aromatic rings. The number of carbonyl (C=O) groups excluding carboxylic acids is 2. The lowest BCUT2D eigenvalue weighted by atomic mass is 10.1. The molecule has 0 bridgehead atoms. The minimum Gasteiger partial charge on any atom is -0.484 e. The maximum atomic E-state index is 12.7. The smallest absolute Gasteiger partial charge is 0.262 e. The van der Waals surface area contributed by atoms with E-state index < -0.39 is 0 Å². The number of nitrogens with zero attached hydrogens (tertiary/aromatic N) is 1. The van der Waals surface area contributed by atoms with Gasteiger partial charge in [-0.05, 0) is 53.9 Å². The number of benzene rings is 3. The third-order valence-corrected chi connectivity index (χ3v) is 6.25. The second kappa shape index (κ2) is 9.71. The molecule has 0 aliphatic carbocycles. The van der Waals surface area contributed by atoms with E-state index in [2.05, 4.69) is 24.4 Å². The van der Waals surface area contributed by atoms with Crippen molar-refractivity contribution in [1.29, 1.82) is 0 Å². The molecule has 1 saturated heterocycles. The van der Waals surface area contributed by atoms with Crippen molar-refractivity contribution >= 4 is 35.0 Å². The Balaban J connectivity index is 1.47. The van der Waals surface area contributed by atoms with Gasteiger partial charge in [-0.25, -0.2) is 0 Å². The van der Waals surface area contributed by atoms with Gasteiger partial charge < -0.3 is 10.1 Å². The average molecular weight is 433 g/mol. The molecule has 0 aromatic heterocycles. The summed E-state index contributed by atoms with van der Waals surface area (Å²) in [6.07, 6.45) is 0.917. The highest BCUT2D eigenvalue weighted by atomic mass is 32.2. The number of aryl methyl sites for hydroxylation is 1. The summed E-state index contributed by atoms with van der Waals surface area (Å²) in [4.78, 5) is 26.8. The van der Waals surface area contributed by atoms with Crippen LogP contribution in [0.25, 0.3) is 0 Å². The number of carbonyl (C=O) groups is 2. The highest BCUT2D eigenvalue weighted by Gasteiger charge is 2.34. The van der Waals surface area contributed by atoms with Gasteiger partial charge in [-0.1, -0.05) is 49.4 Å². The first-order chi connectivity index (χ1) is 15.1. The first-order valence-corrected chi connectivity index (χ1v) is 11.3. The lowest BCUT2D eigenvalue weighted by Gasteiger charge is -2.25. The van der Waals surface area contributed by atoms with Crippen LogP contribution in [0.5, 0.6) is 5.75 Å². The third-order valence-electron chi connectivity index (χ3n) is 5.03. The van der Waals surface area contributed by atoms with Gasteiger partial charge in [0.2, 0.25) is 5.91 Å². The Labute approximate surface area is 186 Å². The fourth-order valence-corrected chi connectivity index (χ4v) is 4.68. The second-order valence-electron chi connectivity index (χ2n) is 7.23. The van der Waals surface area contributed by atoms with Crippen LogP contribution in [0.2, 0.25) is 0 Å². The van der Waals surface area contributed by atoms with Crippen molar-refractivity contribution in [1.82, 2.24) is 0 Å². The summed E-state index contributed by atoms with van der Waals surface area (Å²) in [5, 5.41) is 2.76. The van der Waals surface area contributed by atoms with E-state index in [4.69, 9.17) is 4.74 Å². The highest BCUT2D eigenvalue weighted by Crippen LogP contribution is 2.42. The Morgan fingerprint density at radius 1 is 1.06 bits per heavy atom. The van der Waals surface area contributed by atoms with Crippen LogP contribution < -0.4 is 15.0 Å². The molecule has 0 radical (unpaired) electrons. The largest absolute Gasteiger partial charge is 0.484 e. The molecule has 1 fully saturated rings. The molecule has 5 nitrogen and oxygen atoms in total. The SMILES string of the molecule is CCc1cccc(N2C(=O)CSC2c2cccc(NC(=O)COc3ccccc3)c2)c1. The molecule has 1 heterocycles. The van der Waals surface area contributed by atoms with Crippen molar-refractivity contribution in [3.8, 4) is 5.75 Å². The molecule has 6 heteroatoms. The minimum atomic E-state index is -0.233. The molecule has 1 aliphatic rings. The van der Waals surface area contributed by atoms with Crippen LogP contribution in [0.3, 0.4) is 0 Å². The van der Waals surface area contributed by atoms with E-state index in [0.29, 0.717) is 17.2 Å². The molecular formula is C25H24N2O3S. The van der Waals surface area contributed by atoms with Crippen LogP contribution in [0.1, 0.15) is 23.4 Å². The van der Waals surface area contributed by atoms with E-state index >= 15 is 0 Å².